The maximum atomic E-state index is 12.2. The Kier molecular flexibility index (Phi) is 2.05. The van der Waals surface area contributed by atoms with E-state index in [-0.39, 0.29) is 22.7 Å². The van der Waals surface area contributed by atoms with Crippen LogP contribution in [0.3, 0.4) is 0 Å². The first-order valence-corrected chi connectivity index (χ1v) is 6.09. The molecule has 3 rings (SSSR count). The number of amides is 1. The first kappa shape index (κ1) is 10.2. The number of anilines is 1. The molecule has 3 atom stereocenters. The van der Waals surface area contributed by atoms with E-state index in [1.165, 1.54) is 0 Å². The van der Waals surface area contributed by atoms with Crippen LogP contribution in [0.5, 0.6) is 0 Å². The number of alkyl halides is 1. The Hall–Kier alpha value is -1.02. The standard InChI is InChI=1S/C13H14ClNO/c1-13-7-10(11(14)8-13)12(16)15(13)9-5-3-2-4-6-9/h2-6,10-11H,7-8H2,1H3/t10-,11?,13-/m1/s1. The highest BCUT2D eigenvalue weighted by Gasteiger charge is 2.57. The van der Waals surface area contributed by atoms with Gasteiger partial charge in [0.2, 0.25) is 5.91 Å². The van der Waals surface area contributed by atoms with Crippen LogP contribution in [0.1, 0.15) is 19.8 Å². The average molecular weight is 236 g/mol. The lowest BCUT2D eigenvalue weighted by Crippen LogP contribution is -2.48. The van der Waals surface area contributed by atoms with Crippen molar-refractivity contribution in [3.63, 3.8) is 0 Å². The van der Waals surface area contributed by atoms with E-state index >= 15 is 0 Å². The number of benzene rings is 1. The summed E-state index contributed by atoms with van der Waals surface area (Å²) in [6, 6.07) is 9.89. The van der Waals surface area contributed by atoms with Crippen molar-refractivity contribution in [2.24, 2.45) is 5.92 Å². The molecule has 2 bridgehead atoms. The van der Waals surface area contributed by atoms with Crippen molar-refractivity contribution < 1.29 is 4.79 Å². The minimum Gasteiger partial charge on any atom is -0.306 e. The Balaban J connectivity index is 2.02. The quantitative estimate of drug-likeness (QED) is 0.686. The summed E-state index contributed by atoms with van der Waals surface area (Å²) in [6.07, 6.45) is 1.80. The number of carbonyl (C=O) groups is 1. The summed E-state index contributed by atoms with van der Waals surface area (Å²) in [4.78, 5) is 14.2. The first-order chi connectivity index (χ1) is 7.62. The lowest BCUT2D eigenvalue weighted by atomic mass is 9.99. The Morgan fingerprint density at radius 3 is 2.56 bits per heavy atom. The zero-order chi connectivity index (χ0) is 11.3. The summed E-state index contributed by atoms with van der Waals surface area (Å²) in [6.45, 7) is 2.14. The van der Waals surface area contributed by atoms with E-state index < -0.39 is 0 Å². The molecule has 1 aliphatic carbocycles. The van der Waals surface area contributed by atoms with E-state index in [1.54, 1.807) is 0 Å². The highest BCUT2D eigenvalue weighted by Crippen LogP contribution is 2.50. The van der Waals surface area contributed by atoms with Crippen LogP contribution in [0, 0.1) is 5.92 Å². The molecule has 1 aromatic carbocycles. The van der Waals surface area contributed by atoms with Crippen molar-refractivity contribution in [1.29, 1.82) is 0 Å². The number of piperidine rings is 1. The van der Waals surface area contributed by atoms with Gasteiger partial charge in [0.1, 0.15) is 0 Å². The molecule has 0 radical (unpaired) electrons. The molecule has 0 N–H and O–H groups in total. The van der Waals surface area contributed by atoms with Gasteiger partial charge in [-0.3, -0.25) is 4.79 Å². The fourth-order valence-electron chi connectivity index (χ4n) is 3.12. The normalized spacial score (nSPS) is 37.1. The third kappa shape index (κ3) is 1.23. The molecular formula is C13H14ClNO. The predicted octanol–water partition coefficient (Wildman–Crippen LogP) is 2.81. The number of hydrogen-bond acceptors (Lipinski definition) is 1. The van der Waals surface area contributed by atoms with Gasteiger partial charge in [-0.25, -0.2) is 0 Å². The highest BCUT2D eigenvalue weighted by atomic mass is 35.5. The van der Waals surface area contributed by atoms with E-state index in [0.717, 1.165) is 18.5 Å². The van der Waals surface area contributed by atoms with Gasteiger partial charge in [0, 0.05) is 16.6 Å². The van der Waals surface area contributed by atoms with E-state index in [0.29, 0.717) is 0 Å². The summed E-state index contributed by atoms with van der Waals surface area (Å²) in [7, 11) is 0. The Bertz CT molecular complexity index is 433. The average Bonchev–Trinajstić information content (AvgIpc) is 2.68. The zero-order valence-electron chi connectivity index (χ0n) is 9.19. The van der Waals surface area contributed by atoms with Gasteiger partial charge in [0.25, 0.3) is 0 Å². The molecular weight excluding hydrogens is 222 g/mol. The summed E-state index contributed by atoms with van der Waals surface area (Å²) >= 11 is 6.20. The molecule has 2 aliphatic rings. The first-order valence-electron chi connectivity index (χ1n) is 5.65. The Morgan fingerprint density at radius 1 is 1.31 bits per heavy atom. The monoisotopic (exact) mass is 235 g/mol. The van der Waals surface area contributed by atoms with Crippen LogP contribution in [-0.4, -0.2) is 16.8 Å². The van der Waals surface area contributed by atoms with Crippen molar-refractivity contribution in [3.8, 4) is 0 Å². The summed E-state index contributed by atoms with van der Waals surface area (Å²) < 4.78 is 0. The van der Waals surface area contributed by atoms with Gasteiger partial charge in [-0.2, -0.15) is 0 Å². The molecule has 1 saturated carbocycles. The summed E-state index contributed by atoms with van der Waals surface area (Å²) in [5, 5.41) is 0.0254. The smallest absolute Gasteiger partial charge is 0.232 e. The molecule has 0 spiro atoms. The van der Waals surface area contributed by atoms with E-state index in [4.69, 9.17) is 11.6 Å². The zero-order valence-corrected chi connectivity index (χ0v) is 9.95. The fourth-order valence-corrected chi connectivity index (χ4v) is 3.65. The molecule has 1 saturated heterocycles. The van der Waals surface area contributed by atoms with Gasteiger partial charge in [0.05, 0.1) is 5.92 Å². The molecule has 0 aromatic heterocycles. The second kappa shape index (κ2) is 3.24. The predicted molar refractivity (Wildman–Crippen MR) is 64.7 cm³/mol. The number of halogens is 1. The summed E-state index contributed by atoms with van der Waals surface area (Å²) in [5.74, 6) is 0.215. The van der Waals surface area contributed by atoms with Crippen LogP contribution in [0.2, 0.25) is 0 Å². The topological polar surface area (TPSA) is 20.3 Å². The Labute approximate surface area is 100 Å². The lowest BCUT2D eigenvalue weighted by molar-refractivity contribution is -0.121. The molecule has 16 heavy (non-hydrogen) atoms. The molecule has 1 unspecified atom stereocenters. The van der Waals surface area contributed by atoms with Gasteiger partial charge in [-0.1, -0.05) is 18.2 Å². The molecule has 1 aromatic rings. The van der Waals surface area contributed by atoms with Gasteiger partial charge in [0.15, 0.2) is 0 Å². The Morgan fingerprint density at radius 2 is 2.00 bits per heavy atom. The highest BCUT2D eigenvalue weighted by molar-refractivity contribution is 6.24. The van der Waals surface area contributed by atoms with Crippen molar-refractivity contribution in [1.82, 2.24) is 0 Å². The molecule has 84 valence electrons. The van der Waals surface area contributed by atoms with Crippen LogP contribution >= 0.6 is 11.6 Å². The van der Waals surface area contributed by atoms with Crippen molar-refractivity contribution in [2.45, 2.75) is 30.7 Å². The number of rotatable bonds is 1. The number of nitrogens with zero attached hydrogens (tertiary/aromatic N) is 1. The molecule has 1 heterocycles. The van der Waals surface area contributed by atoms with Crippen molar-refractivity contribution >= 4 is 23.2 Å². The van der Waals surface area contributed by atoms with Gasteiger partial charge >= 0.3 is 0 Å². The SMILES string of the molecule is C[C@]12CC(Cl)[C@@H](C1)C(=O)N2c1ccccc1. The second-order valence-electron chi connectivity index (χ2n) is 5.04. The van der Waals surface area contributed by atoms with E-state index in [9.17, 15) is 4.79 Å². The maximum absolute atomic E-state index is 12.2. The molecule has 2 nitrogen and oxygen atoms in total. The summed E-state index contributed by atoms with van der Waals surface area (Å²) in [5.41, 5.74) is 0.927. The van der Waals surface area contributed by atoms with Gasteiger partial charge < -0.3 is 4.90 Å². The molecule has 1 aliphatic heterocycles. The third-order valence-electron chi connectivity index (χ3n) is 3.82. The molecule has 3 heteroatoms. The van der Waals surface area contributed by atoms with Gasteiger partial charge in [-0.15, -0.1) is 11.6 Å². The third-order valence-corrected chi connectivity index (χ3v) is 4.28. The number of hydrogen-bond donors (Lipinski definition) is 0. The molecule has 1 amide bonds. The largest absolute Gasteiger partial charge is 0.306 e. The maximum Gasteiger partial charge on any atom is 0.232 e. The van der Waals surface area contributed by atoms with Crippen molar-refractivity contribution in [2.75, 3.05) is 4.90 Å². The fraction of sp³-hybridized carbons (Fsp3) is 0.462. The molecule has 2 fully saturated rings. The second-order valence-corrected chi connectivity index (χ2v) is 5.60. The number of fused-ring (bicyclic) bond motifs is 2. The van der Waals surface area contributed by atoms with Crippen LogP contribution in [-0.2, 0) is 4.79 Å². The van der Waals surface area contributed by atoms with Crippen LogP contribution in [0.25, 0.3) is 0 Å². The van der Waals surface area contributed by atoms with Crippen molar-refractivity contribution in [3.05, 3.63) is 30.3 Å². The van der Waals surface area contributed by atoms with E-state index in [1.807, 2.05) is 35.2 Å². The van der Waals surface area contributed by atoms with Crippen LogP contribution in [0.4, 0.5) is 5.69 Å². The number of carbonyl (C=O) groups excluding carboxylic acids is 1. The number of para-hydroxylation sites is 1. The van der Waals surface area contributed by atoms with Crippen LogP contribution < -0.4 is 4.90 Å². The minimum atomic E-state index is -0.0739. The van der Waals surface area contributed by atoms with Crippen LogP contribution in [0.15, 0.2) is 30.3 Å². The lowest BCUT2D eigenvalue weighted by Gasteiger charge is -2.37. The van der Waals surface area contributed by atoms with E-state index in [2.05, 4.69) is 6.92 Å². The minimum absolute atomic E-state index is 0.0203. The van der Waals surface area contributed by atoms with Gasteiger partial charge in [-0.05, 0) is 31.9 Å².